The van der Waals surface area contributed by atoms with E-state index in [1.165, 1.54) is 6.42 Å². The van der Waals surface area contributed by atoms with Crippen molar-refractivity contribution in [2.75, 3.05) is 25.9 Å². The van der Waals surface area contributed by atoms with Crippen LogP contribution in [-0.2, 0) is 0 Å². The quantitative estimate of drug-likeness (QED) is 0.771. The fraction of sp³-hybridized carbons (Fsp3) is 0.333. The molecule has 1 saturated heterocycles. The fourth-order valence-electron chi connectivity index (χ4n) is 3.45. The van der Waals surface area contributed by atoms with E-state index in [2.05, 4.69) is 22.0 Å². The highest BCUT2D eigenvalue weighted by atomic mass is 15.3. The van der Waals surface area contributed by atoms with Crippen molar-refractivity contribution < 1.29 is 0 Å². The number of pyridine rings is 1. The van der Waals surface area contributed by atoms with Crippen molar-refractivity contribution in [1.82, 2.24) is 24.5 Å². The summed E-state index contributed by atoms with van der Waals surface area (Å²) in [6, 6.07) is 7.52. The molecular formula is C18H19N7. The summed E-state index contributed by atoms with van der Waals surface area (Å²) in [5.41, 5.74) is 10.1. The summed E-state index contributed by atoms with van der Waals surface area (Å²) < 4.78 is 1.66. The Morgan fingerprint density at radius 2 is 2.20 bits per heavy atom. The van der Waals surface area contributed by atoms with Crippen LogP contribution in [0.5, 0.6) is 0 Å². The molecule has 0 spiro atoms. The van der Waals surface area contributed by atoms with E-state index in [1.807, 2.05) is 18.2 Å². The Balaban J connectivity index is 1.79. The van der Waals surface area contributed by atoms with E-state index >= 15 is 0 Å². The van der Waals surface area contributed by atoms with Crippen LogP contribution in [0.4, 0.5) is 5.82 Å². The third kappa shape index (κ3) is 2.81. The van der Waals surface area contributed by atoms with Crippen LogP contribution < -0.4 is 5.73 Å². The van der Waals surface area contributed by atoms with Gasteiger partial charge in [-0.15, -0.1) is 0 Å². The second kappa shape index (κ2) is 6.15. The Kier molecular flexibility index (Phi) is 3.82. The minimum absolute atomic E-state index is 0.382. The van der Waals surface area contributed by atoms with Crippen molar-refractivity contribution in [3.05, 3.63) is 42.0 Å². The molecular weight excluding hydrogens is 314 g/mol. The van der Waals surface area contributed by atoms with Crippen molar-refractivity contribution in [2.24, 2.45) is 0 Å². The smallest absolute Gasteiger partial charge is 0.165 e. The summed E-state index contributed by atoms with van der Waals surface area (Å²) >= 11 is 0. The molecule has 1 aliphatic heterocycles. The molecule has 126 valence electrons. The molecule has 4 rings (SSSR count). The van der Waals surface area contributed by atoms with Gasteiger partial charge in [0, 0.05) is 35.9 Å². The third-order valence-corrected chi connectivity index (χ3v) is 4.75. The van der Waals surface area contributed by atoms with E-state index < -0.39 is 0 Å². The summed E-state index contributed by atoms with van der Waals surface area (Å²) in [6.07, 6.45) is 5.71. The predicted octanol–water partition coefficient (Wildman–Crippen LogP) is 2.05. The molecule has 3 aromatic rings. The van der Waals surface area contributed by atoms with Crippen molar-refractivity contribution in [1.29, 1.82) is 5.26 Å². The van der Waals surface area contributed by atoms with Crippen LogP contribution in [-0.4, -0.2) is 44.6 Å². The first kappa shape index (κ1) is 15.5. The van der Waals surface area contributed by atoms with Crippen LogP contribution in [0.3, 0.4) is 0 Å². The van der Waals surface area contributed by atoms with E-state index in [0.717, 1.165) is 42.0 Å². The second-order valence-electron chi connectivity index (χ2n) is 6.54. The molecule has 0 amide bonds. The number of nitrogens with zero attached hydrogens (tertiary/aromatic N) is 6. The van der Waals surface area contributed by atoms with Gasteiger partial charge in [-0.05, 0) is 38.6 Å². The lowest BCUT2D eigenvalue weighted by Crippen LogP contribution is -2.31. The molecule has 4 heterocycles. The minimum atomic E-state index is 0.382. The SMILES string of the molecule is CN1CCCC(c2cc(N)n3ncc(-c4ccc(C#N)nc4)c3n2)C1. The first-order valence-corrected chi connectivity index (χ1v) is 8.35. The Bertz CT molecular complexity index is 952. The largest absolute Gasteiger partial charge is 0.384 e. The number of hydrogen-bond donors (Lipinski definition) is 1. The van der Waals surface area contributed by atoms with Gasteiger partial charge >= 0.3 is 0 Å². The zero-order valence-electron chi connectivity index (χ0n) is 14.1. The summed E-state index contributed by atoms with van der Waals surface area (Å²) in [5.74, 6) is 0.967. The van der Waals surface area contributed by atoms with Gasteiger partial charge in [-0.3, -0.25) is 0 Å². The van der Waals surface area contributed by atoms with E-state index in [0.29, 0.717) is 17.4 Å². The van der Waals surface area contributed by atoms with Gasteiger partial charge in [-0.1, -0.05) is 0 Å². The molecule has 25 heavy (non-hydrogen) atoms. The number of nitriles is 1. The monoisotopic (exact) mass is 333 g/mol. The molecule has 1 unspecified atom stereocenters. The van der Waals surface area contributed by atoms with Crippen LogP contribution in [0.1, 0.15) is 30.1 Å². The number of hydrogen-bond acceptors (Lipinski definition) is 6. The average Bonchev–Trinajstić information content (AvgIpc) is 3.06. The number of likely N-dealkylation sites (tertiary alicyclic amines) is 1. The fourth-order valence-corrected chi connectivity index (χ4v) is 3.45. The van der Waals surface area contributed by atoms with Gasteiger partial charge in [0.05, 0.1) is 11.9 Å². The first-order valence-electron chi connectivity index (χ1n) is 8.35. The molecule has 1 atom stereocenters. The third-order valence-electron chi connectivity index (χ3n) is 4.75. The predicted molar refractivity (Wildman–Crippen MR) is 94.8 cm³/mol. The number of piperidine rings is 1. The highest BCUT2D eigenvalue weighted by molar-refractivity contribution is 5.77. The minimum Gasteiger partial charge on any atom is -0.384 e. The summed E-state index contributed by atoms with van der Waals surface area (Å²) in [5, 5.41) is 13.3. The van der Waals surface area contributed by atoms with Crippen LogP contribution in [0, 0.1) is 11.3 Å². The molecule has 7 heteroatoms. The first-order chi connectivity index (χ1) is 12.2. The topological polar surface area (TPSA) is 96.1 Å². The van der Waals surface area contributed by atoms with Crippen LogP contribution in [0.25, 0.3) is 16.8 Å². The van der Waals surface area contributed by atoms with E-state index in [-0.39, 0.29) is 0 Å². The summed E-state index contributed by atoms with van der Waals surface area (Å²) in [4.78, 5) is 11.3. The van der Waals surface area contributed by atoms with Gasteiger partial charge in [0.25, 0.3) is 0 Å². The zero-order valence-corrected chi connectivity index (χ0v) is 14.1. The number of nitrogen functional groups attached to an aromatic ring is 1. The standard InChI is InChI=1S/C18H19N7/c1-24-6-2-3-13(11-24)16-7-17(20)25-18(23-16)15(10-22-25)12-4-5-14(8-19)21-9-12/h4-5,7,9-10,13H,2-3,6,11,20H2,1H3. The number of rotatable bonds is 2. The lowest BCUT2D eigenvalue weighted by atomic mass is 9.95. The Labute approximate surface area is 145 Å². The Morgan fingerprint density at radius 3 is 2.92 bits per heavy atom. The zero-order chi connectivity index (χ0) is 17.4. The normalized spacial score (nSPS) is 18.3. The molecule has 0 radical (unpaired) electrons. The summed E-state index contributed by atoms with van der Waals surface area (Å²) in [7, 11) is 2.14. The lowest BCUT2D eigenvalue weighted by Gasteiger charge is -2.29. The van der Waals surface area contributed by atoms with E-state index in [9.17, 15) is 0 Å². The molecule has 0 aliphatic carbocycles. The number of nitrogens with two attached hydrogens (primary N) is 1. The van der Waals surface area contributed by atoms with Crippen LogP contribution >= 0.6 is 0 Å². The van der Waals surface area contributed by atoms with Crippen LogP contribution in [0.2, 0.25) is 0 Å². The Hall–Kier alpha value is -2.98. The molecule has 1 aliphatic rings. The highest BCUT2D eigenvalue weighted by Gasteiger charge is 2.22. The van der Waals surface area contributed by atoms with Gasteiger partial charge in [-0.25, -0.2) is 9.97 Å². The van der Waals surface area contributed by atoms with E-state index in [4.69, 9.17) is 16.0 Å². The summed E-state index contributed by atoms with van der Waals surface area (Å²) in [6.45, 7) is 2.12. The number of fused-ring (bicyclic) bond motifs is 1. The van der Waals surface area contributed by atoms with Crippen molar-refractivity contribution in [2.45, 2.75) is 18.8 Å². The average molecular weight is 333 g/mol. The van der Waals surface area contributed by atoms with Gasteiger partial charge < -0.3 is 10.6 Å². The van der Waals surface area contributed by atoms with Crippen molar-refractivity contribution in [3.8, 4) is 17.2 Å². The lowest BCUT2D eigenvalue weighted by molar-refractivity contribution is 0.248. The van der Waals surface area contributed by atoms with Crippen LogP contribution in [0.15, 0.2) is 30.6 Å². The van der Waals surface area contributed by atoms with Gasteiger partial charge in [0.2, 0.25) is 0 Å². The molecule has 0 aromatic carbocycles. The Morgan fingerprint density at radius 1 is 1.32 bits per heavy atom. The van der Waals surface area contributed by atoms with Crippen molar-refractivity contribution in [3.63, 3.8) is 0 Å². The van der Waals surface area contributed by atoms with Gasteiger partial charge in [0.1, 0.15) is 17.6 Å². The number of likely N-dealkylation sites (N-methyl/N-ethyl adjacent to an activating group) is 1. The van der Waals surface area contributed by atoms with Gasteiger partial charge in [-0.2, -0.15) is 14.9 Å². The molecule has 2 N–H and O–H groups in total. The molecule has 3 aromatic heterocycles. The van der Waals surface area contributed by atoms with Gasteiger partial charge in [0.15, 0.2) is 5.65 Å². The van der Waals surface area contributed by atoms with Crippen molar-refractivity contribution >= 4 is 11.5 Å². The molecule has 7 nitrogen and oxygen atoms in total. The molecule has 0 saturated carbocycles. The maximum absolute atomic E-state index is 8.91. The maximum atomic E-state index is 8.91. The number of aromatic nitrogens is 4. The highest BCUT2D eigenvalue weighted by Crippen LogP contribution is 2.29. The molecule has 0 bridgehead atoms. The van der Waals surface area contributed by atoms with E-state index in [1.54, 1.807) is 23.0 Å². The maximum Gasteiger partial charge on any atom is 0.165 e. The second-order valence-corrected chi connectivity index (χ2v) is 6.54. The molecule has 1 fully saturated rings. The number of anilines is 1.